The molecule has 1 aromatic rings. The zero-order chi connectivity index (χ0) is 9.14. The van der Waals surface area contributed by atoms with Crippen molar-refractivity contribution in [3.05, 3.63) is 21.9 Å². The first-order valence-corrected chi connectivity index (χ1v) is 4.12. The van der Waals surface area contributed by atoms with E-state index in [1.807, 2.05) is 13.0 Å². The molecule has 4 N–H and O–H groups in total. The van der Waals surface area contributed by atoms with Gasteiger partial charge in [0.05, 0.1) is 5.69 Å². The number of rotatable bonds is 2. The third-order valence-corrected chi connectivity index (χ3v) is 1.99. The van der Waals surface area contributed by atoms with Crippen molar-refractivity contribution in [3.63, 3.8) is 0 Å². The summed E-state index contributed by atoms with van der Waals surface area (Å²) in [5, 5.41) is 6.74. The van der Waals surface area contributed by atoms with Gasteiger partial charge in [-0.05, 0) is 28.9 Å². The first-order valence-electron chi connectivity index (χ1n) is 3.33. The summed E-state index contributed by atoms with van der Waals surface area (Å²) < 4.78 is 0.864. The second kappa shape index (κ2) is 3.53. The van der Waals surface area contributed by atoms with Crippen LogP contribution in [0.15, 0.2) is 15.5 Å². The minimum atomic E-state index is 0.310. The average molecular weight is 229 g/mol. The van der Waals surface area contributed by atoms with Gasteiger partial charge in [-0.25, -0.2) is 4.99 Å². The maximum atomic E-state index is 6.74. The van der Waals surface area contributed by atoms with Gasteiger partial charge in [0.15, 0.2) is 0 Å². The molecule has 1 rings (SSSR count). The molecule has 0 saturated heterocycles. The van der Waals surface area contributed by atoms with Gasteiger partial charge in [0.1, 0.15) is 12.2 Å². The van der Waals surface area contributed by atoms with Crippen LogP contribution in [0.3, 0.4) is 0 Å². The number of nitrogens with two attached hydrogens (primary N) is 1. The Bertz CT molecular complexity index is 326. The quantitative estimate of drug-likeness (QED) is 0.520. The summed E-state index contributed by atoms with van der Waals surface area (Å²) in [5.74, 6) is 0.310. The van der Waals surface area contributed by atoms with Crippen LogP contribution in [0.4, 0.5) is 0 Å². The van der Waals surface area contributed by atoms with Crippen LogP contribution in [0.2, 0.25) is 0 Å². The third kappa shape index (κ3) is 1.73. The second-order valence-electron chi connectivity index (χ2n) is 2.32. The number of aliphatic imine (C=N–C) groups is 1. The highest BCUT2D eigenvalue weighted by Gasteiger charge is 2.05. The first-order chi connectivity index (χ1) is 5.65. The van der Waals surface area contributed by atoms with Gasteiger partial charge >= 0.3 is 0 Å². The van der Waals surface area contributed by atoms with Crippen LogP contribution in [-0.4, -0.2) is 17.2 Å². The fraction of sp³-hybridized carbons (Fsp3) is 0.143. The molecular weight excluding hydrogens is 220 g/mol. The number of amidine groups is 1. The molecular formula is C7H9BrN4. The number of hydrogen-bond donors (Lipinski definition) is 3. The zero-order valence-electron chi connectivity index (χ0n) is 6.56. The summed E-state index contributed by atoms with van der Waals surface area (Å²) in [4.78, 5) is 6.67. The molecule has 0 spiro atoms. The molecule has 5 heteroatoms. The maximum absolute atomic E-state index is 6.74. The molecule has 0 aliphatic carbocycles. The molecule has 0 aromatic carbocycles. The molecule has 0 aliphatic heterocycles. The van der Waals surface area contributed by atoms with E-state index in [9.17, 15) is 0 Å². The lowest BCUT2D eigenvalue weighted by molar-refractivity contribution is 1.24. The molecule has 0 saturated carbocycles. The zero-order valence-corrected chi connectivity index (χ0v) is 8.14. The van der Waals surface area contributed by atoms with Gasteiger partial charge in [-0.3, -0.25) is 5.41 Å². The van der Waals surface area contributed by atoms with Gasteiger partial charge in [0, 0.05) is 10.2 Å². The molecule has 1 heterocycles. The largest absolute Gasteiger partial charge is 0.382 e. The smallest absolute Gasteiger partial charge is 0.150 e. The Hall–Kier alpha value is -1.10. The Morgan fingerprint density at radius 1 is 1.83 bits per heavy atom. The minimum Gasteiger partial charge on any atom is -0.382 e. The van der Waals surface area contributed by atoms with Crippen molar-refractivity contribution in [3.8, 4) is 0 Å². The monoisotopic (exact) mass is 228 g/mol. The topological polar surface area (TPSA) is 78.0 Å². The number of hydrogen-bond acceptors (Lipinski definition) is 1. The third-order valence-electron chi connectivity index (χ3n) is 1.36. The van der Waals surface area contributed by atoms with E-state index in [-0.39, 0.29) is 0 Å². The molecule has 0 radical (unpaired) electrons. The molecule has 0 aliphatic rings. The number of nitrogens with zero attached hydrogens (tertiary/aromatic N) is 1. The van der Waals surface area contributed by atoms with Crippen LogP contribution in [0.1, 0.15) is 11.4 Å². The van der Waals surface area contributed by atoms with Crippen LogP contribution in [-0.2, 0) is 0 Å². The Labute approximate surface area is 78.5 Å². The minimum absolute atomic E-state index is 0.310. The van der Waals surface area contributed by atoms with Gasteiger partial charge in [-0.15, -0.1) is 0 Å². The number of aromatic nitrogens is 1. The van der Waals surface area contributed by atoms with Crippen LogP contribution in [0.25, 0.3) is 0 Å². The van der Waals surface area contributed by atoms with Crippen molar-refractivity contribution in [1.82, 2.24) is 4.98 Å². The lowest BCUT2D eigenvalue weighted by atomic mass is 10.4. The summed E-state index contributed by atoms with van der Waals surface area (Å²) in [5.41, 5.74) is 7.28. The predicted molar refractivity (Wildman–Crippen MR) is 52.7 cm³/mol. The number of nitrogens with one attached hydrogen (secondary N) is 2. The van der Waals surface area contributed by atoms with E-state index in [1.54, 1.807) is 0 Å². The normalized spacial score (nSPS) is 11.7. The summed E-state index contributed by atoms with van der Waals surface area (Å²) in [6.45, 7) is 1.92. The summed E-state index contributed by atoms with van der Waals surface area (Å²) >= 11 is 3.32. The molecule has 4 nitrogen and oxygen atoms in total. The van der Waals surface area contributed by atoms with Gasteiger partial charge in [-0.1, -0.05) is 0 Å². The lowest BCUT2D eigenvalue weighted by Gasteiger charge is -1.94. The van der Waals surface area contributed by atoms with Crippen molar-refractivity contribution in [2.45, 2.75) is 6.92 Å². The van der Waals surface area contributed by atoms with Gasteiger partial charge < -0.3 is 10.7 Å². The van der Waals surface area contributed by atoms with Gasteiger partial charge in [0.2, 0.25) is 0 Å². The van der Waals surface area contributed by atoms with Crippen LogP contribution in [0.5, 0.6) is 0 Å². The molecule has 0 amide bonds. The SMILES string of the molecule is Cc1cc(Br)c(/C(N)=N\C=N)[nH]1. The molecule has 64 valence electrons. The van der Waals surface area contributed by atoms with E-state index in [0.717, 1.165) is 22.2 Å². The summed E-state index contributed by atoms with van der Waals surface area (Å²) in [7, 11) is 0. The number of H-pyrrole nitrogens is 1. The van der Waals surface area contributed by atoms with Crippen molar-refractivity contribution >= 4 is 28.1 Å². The predicted octanol–water partition coefficient (Wildman–Crippen LogP) is 1.40. The highest BCUT2D eigenvalue weighted by molar-refractivity contribution is 9.10. The van der Waals surface area contributed by atoms with Crippen LogP contribution >= 0.6 is 15.9 Å². The summed E-state index contributed by atoms with van der Waals surface area (Å²) in [6, 6.07) is 1.90. The molecule has 0 atom stereocenters. The van der Waals surface area contributed by atoms with Crippen molar-refractivity contribution in [2.75, 3.05) is 0 Å². The average Bonchev–Trinajstić information content (AvgIpc) is 2.30. The standard InChI is InChI=1S/C7H9BrN4/c1-4-2-5(8)6(12-4)7(10)11-3-9/h2-3,12H,1H3,(H3,9,10,11). The van der Waals surface area contributed by atoms with E-state index in [1.165, 1.54) is 0 Å². The fourth-order valence-corrected chi connectivity index (χ4v) is 1.52. The van der Waals surface area contributed by atoms with Crippen molar-refractivity contribution in [2.24, 2.45) is 10.7 Å². The molecule has 1 aromatic heterocycles. The Morgan fingerprint density at radius 3 is 2.92 bits per heavy atom. The van der Waals surface area contributed by atoms with E-state index in [2.05, 4.69) is 25.9 Å². The summed E-state index contributed by atoms with van der Waals surface area (Å²) in [6.07, 6.45) is 0.915. The van der Waals surface area contributed by atoms with E-state index >= 15 is 0 Å². The molecule has 0 fully saturated rings. The van der Waals surface area contributed by atoms with Crippen LogP contribution < -0.4 is 5.73 Å². The van der Waals surface area contributed by atoms with E-state index < -0.39 is 0 Å². The fourth-order valence-electron chi connectivity index (χ4n) is 0.876. The van der Waals surface area contributed by atoms with Crippen molar-refractivity contribution in [1.29, 1.82) is 5.41 Å². The Balaban J connectivity index is 3.10. The lowest BCUT2D eigenvalue weighted by Crippen LogP contribution is -2.14. The van der Waals surface area contributed by atoms with E-state index in [0.29, 0.717) is 5.84 Å². The molecule has 0 bridgehead atoms. The highest BCUT2D eigenvalue weighted by atomic mass is 79.9. The molecule has 12 heavy (non-hydrogen) atoms. The maximum Gasteiger partial charge on any atom is 0.150 e. The first kappa shape index (κ1) is 8.99. The number of aryl methyl sites for hydroxylation is 1. The van der Waals surface area contributed by atoms with E-state index in [4.69, 9.17) is 11.1 Å². The second-order valence-corrected chi connectivity index (χ2v) is 3.17. The Morgan fingerprint density at radius 2 is 2.50 bits per heavy atom. The van der Waals surface area contributed by atoms with Gasteiger partial charge in [-0.2, -0.15) is 0 Å². The number of aromatic amines is 1. The van der Waals surface area contributed by atoms with Gasteiger partial charge in [0.25, 0.3) is 0 Å². The van der Waals surface area contributed by atoms with Crippen LogP contribution in [0, 0.1) is 12.3 Å². The Kier molecular flexibility index (Phi) is 2.65. The number of halogens is 1. The van der Waals surface area contributed by atoms with Crippen molar-refractivity contribution < 1.29 is 0 Å². The highest BCUT2D eigenvalue weighted by Crippen LogP contribution is 2.16. The molecule has 0 unspecified atom stereocenters.